The van der Waals surface area contributed by atoms with Crippen molar-refractivity contribution in [3.05, 3.63) is 23.8 Å². The number of amides is 1. The van der Waals surface area contributed by atoms with Gasteiger partial charge in [-0.1, -0.05) is 6.92 Å². The molecule has 19 heavy (non-hydrogen) atoms. The van der Waals surface area contributed by atoms with Crippen LogP contribution in [0.5, 0.6) is 5.75 Å². The first-order valence-corrected chi connectivity index (χ1v) is 5.95. The number of carbonyl (C=O) groups is 1. The molecule has 0 aromatic heterocycles. The van der Waals surface area contributed by atoms with Gasteiger partial charge in [-0.2, -0.15) is 5.26 Å². The lowest BCUT2D eigenvalue weighted by atomic mass is 10.0. The topological polar surface area (TPSA) is 71.3 Å². The van der Waals surface area contributed by atoms with Gasteiger partial charge in [-0.05, 0) is 31.5 Å². The average molecular weight is 262 g/mol. The summed E-state index contributed by atoms with van der Waals surface area (Å²) in [5.74, 6) is 0.290. The van der Waals surface area contributed by atoms with Crippen molar-refractivity contribution >= 4 is 11.6 Å². The maximum atomic E-state index is 12.1. The Kier molecular flexibility index (Phi) is 4.90. The molecule has 1 aromatic carbocycles. The van der Waals surface area contributed by atoms with Crippen LogP contribution in [0.4, 0.5) is 5.69 Å². The predicted octanol–water partition coefficient (Wildman–Crippen LogP) is 2.32. The van der Waals surface area contributed by atoms with E-state index in [2.05, 4.69) is 5.32 Å². The third-order valence-corrected chi connectivity index (χ3v) is 3.20. The minimum atomic E-state index is -0.910. The lowest BCUT2D eigenvalue weighted by molar-refractivity contribution is -0.136. The fourth-order valence-corrected chi connectivity index (χ4v) is 1.50. The molecule has 1 amide bonds. The van der Waals surface area contributed by atoms with Gasteiger partial charge in [0.1, 0.15) is 17.4 Å². The van der Waals surface area contributed by atoms with Crippen LogP contribution in [0.1, 0.15) is 25.8 Å². The molecule has 0 saturated heterocycles. The molecule has 0 aliphatic heterocycles. The Morgan fingerprint density at radius 1 is 1.47 bits per heavy atom. The molecular weight excluding hydrogens is 244 g/mol. The van der Waals surface area contributed by atoms with Crippen LogP contribution >= 0.6 is 0 Å². The van der Waals surface area contributed by atoms with E-state index in [1.807, 2.05) is 13.0 Å². The molecule has 0 bridgehead atoms. The number of nitrogens with one attached hydrogen (secondary N) is 1. The number of nitrogens with zero attached hydrogens (tertiary/aromatic N) is 1. The standard InChI is InChI=1S/C14H18N2O3/c1-5-14(2,19-4)13(17)16-12-7-6-11(18-3)8-10(12)9-15/h6-8H,5H2,1-4H3,(H,16,17)/t14-/m0/s1. The van der Waals surface area contributed by atoms with Crippen molar-refractivity contribution in [2.24, 2.45) is 0 Å². The van der Waals surface area contributed by atoms with Gasteiger partial charge in [0, 0.05) is 7.11 Å². The van der Waals surface area contributed by atoms with E-state index in [0.717, 1.165) is 0 Å². The second-order valence-electron chi connectivity index (χ2n) is 4.27. The number of benzene rings is 1. The van der Waals surface area contributed by atoms with Crippen molar-refractivity contribution in [2.75, 3.05) is 19.5 Å². The molecule has 0 radical (unpaired) electrons. The highest BCUT2D eigenvalue weighted by Gasteiger charge is 2.31. The SMILES string of the molecule is CC[C@](C)(OC)C(=O)Nc1ccc(OC)cc1C#N. The van der Waals surface area contributed by atoms with E-state index >= 15 is 0 Å². The molecule has 0 aliphatic rings. The van der Waals surface area contributed by atoms with Crippen molar-refractivity contribution in [1.29, 1.82) is 5.26 Å². The van der Waals surface area contributed by atoms with Gasteiger partial charge in [0.15, 0.2) is 0 Å². The minimum Gasteiger partial charge on any atom is -0.497 e. The number of methoxy groups -OCH3 is 2. The average Bonchev–Trinajstić information content (AvgIpc) is 2.46. The van der Waals surface area contributed by atoms with Crippen LogP contribution in [0.2, 0.25) is 0 Å². The van der Waals surface area contributed by atoms with Crippen LogP contribution in [0.25, 0.3) is 0 Å². The number of nitriles is 1. The van der Waals surface area contributed by atoms with Gasteiger partial charge >= 0.3 is 0 Å². The Balaban J connectivity index is 3.01. The lowest BCUT2D eigenvalue weighted by Crippen LogP contribution is -2.41. The molecule has 0 fully saturated rings. The van der Waals surface area contributed by atoms with Crippen molar-refractivity contribution in [2.45, 2.75) is 25.9 Å². The lowest BCUT2D eigenvalue weighted by Gasteiger charge is -2.25. The zero-order chi connectivity index (χ0) is 14.5. The minimum absolute atomic E-state index is 0.279. The van der Waals surface area contributed by atoms with E-state index < -0.39 is 5.60 Å². The molecule has 1 atom stereocenters. The zero-order valence-electron chi connectivity index (χ0n) is 11.6. The Morgan fingerprint density at radius 3 is 2.63 bits per heavy atom. The molecule has 0 heterocycles. The zero-order valence-corrected chi connectivity index (χ0v) is 11.6. The van der Waals surface area contributed by atoms with Crippen molar-refractivity contribution in [3.63, 3.8) is 0 Å². The van der Waals surface area contributed by atoms with Gasteiger partial charge in [0.25, 0.3) is 5.91 Å². The first-order chi connectivity index (χ1) is 9.00. The highest BCUT2D eigenvalue weighted by atomic mass is 16.5. The molecule has 0 saturated carbocycles. The maximum Gasteiger partial charge on any atom is 0.256 e. The summed E-state index contributed by atoms with van der Waals surface area (Å²) in [6.45, 7) is 3.57. The molecule has 0 aliphatic carbocycles. The van der Waals surface area contributed by atoms with E-state index in [4.69, 9.17) is 14.7 Å². The molecule has 1 N–H and O–H groups in total. The Bertz CT molecular complexity index is 502. The Labute approximate surface area is 113 Å². The first kappa shape index (κ1) is 15.0. The van der Waals surface area contributed by atoms with Crippen molar-refractivity contribution < 1.29 is 14.3 Å². The summed E-state index contributed by atoms with van der Waals surface area (Å²) >= 11 is 0. The van der Waals surface area contributed by atoms with Gasteiger partial charge in [-0.25, -0.2) is 0 Å². The van der Waals surface area contributed by atoms with E-state index in [1.165, 1.54) is 14.2 Å². The molecule has 5 heteroatoms. The van der Waals surface area contributed by atoms with Crippen LogP contribution in [0.3, 0.4) is 0 Å². The number of ether oxygens (including phenoxy) is 2. The molecule has 0 spiro atoms. The third kappa shape index (κ3) is 3.24. The Hall–Kier alpha value is -2.06. The molecular formula is C14H18N2O3. The van der Waals surface area contributed by atoms with E-state index in [1.54, 1.807) is 25.1 Å². The number of carbonyl (C=O) groups excluding carboxylic acids is 1. The van der Waals surface area contributed by atoms with Crippen LogP contribution in [-0.4, -0.2) is 25.7 Å². The van der Waals surface area contributed by atoms with Gasteiger partial charge in [0.2, 0.25) is 0 Å². The molecule has 102 valence electrons. The van der Waals surface area contributed by atoms with Gasteiger partial charge in [-0.3, -0.25) is 4.79 Å². The summed E-state index contributed by atoms with van der Waals surface area (Å²) in [5, 5.41) is 11.8. The van der Waals surface area contributed by atoms with Crippen LogP contribution < -0.4 is 10.1 Å². The number of rotatable bonds is 5. The monoisotopic (exact) mass is 262 g/mol. The third-order valence-electron chi connectivity index (χ3n) is 3.20. The van der Waals surface area contributed by atoms with Crippen LogP contribution in [-0.2, 0) is 9.53 Å². The normalized spacial score (nSPS) is 13.2. The van der Waals surface area contributed by atoms with Gasteiger partial charge < -0.3 is 14.8 Å². The molecule has 5 nitrogen and oxygen atoms in total. The maximum absolute atomic E-state index is 12.1. The van der Waals surface area contributed by atoms with Crippen LogP contribution in [0.15, 0.2) is 18.2 Å². The van der Waals surface area contributed by atoms with Gasteiger partial charge in [0.05, 0.1) is 18.4 Å². The van der Waals surface area contributed by atoms with E-state index in [-0.39, 0.29) is 5.91 Å². The fraction of sp³-hybridized carbons (Fsp3) is 0.429. The summed E-state index contributed by atoms with van der Waals surface area (Å²) in [7, 11) is 3.01. The van der Waals surface area contributed by atoms with Crippen molar-refractivity contribution in [1.82, 2.24) is 0 Å². The molecule has 1 rings (SSSR count). The van der Waals surface area contributed by atoms with E-state index in [9.17, 15) is 4.79 Å². The number of hydrogen-bond donors (Lipinski definition) is 1. The highest BCUT2D eigenvalue weighted by molar-refractivity contribution is 5.98. The summed E-state index contributed by atoms with van der Waals surface area (Å²) in [5.41, 5.74) is -0.112. The summed E-state index contributed by atoms with van der Waals surface area (Å²) < 4.78 is 10.3. The van der Waals surface area contributed by atoms with Crippen molar-refractivity contribution in [3.8, 4) is 11.8 Å². The number of hydrogen-bond acceptors (Lipinski definition) is 4. The predicted molar refractivity (Wildman–Crippen MR) is 72.0 cm³/mol. The summed E-state index contributed by atoms with van der Waals surface area (Å²) in [6.07, 6.45) is 0.535. The summed E-state index contributed by atoms with van der Waals surface area (Å²) in [6, 6.07) is 6.93. The van der Waals surface area contributed by atoms with E-state index in [0.29, 0.717) is 23.4 Å². The fourth-order valence-electron chi connectivity index (χ4n) is 1.50. The summed E-state index contributed by atoms with van der Waals surface area (Å²) in [4.78, 5) is 12.1. The largest absolute Gasteiger partial charge is 0.497 e. The highest BCUT2D eigenvalue weighted by Crippen LogP contribution is 2.23. The second kappa shape index (κ2) is 6.21. The smallest absolute Gasteiger partial charge is 0.256 e. The molecule has 1 aromatic rings. The molecule has 0 unspecified atom stereocenters. The first-order valence-electron chi connectivity index (χ1n) is 5.95. The Morgan fingerprint density at radius 2 is 2.16 bits per heavy atom. The quantitative estimate of drug-likeness (QED) is 0.884. The second-order valence-corrected chi connectivity index (χ2v) is 4.27. The van der Waals surface area contributed by atoms with Crippen LogP contribution in [0, 0.1) is 11.3 Å². The van der Waals surface area contributed by atoms with Gasteiger partial charge in [-0.15, -0.1) is 0 Å². The number of anilines is 1.